The van der Waals surface area contributed by atoms with Gasteiger partial charge in [0.1, 0.15) is 0 Å². The molecule has 1 aromatic carbocycles. The third kappa shape index (κ3) is 3.68. The molecule has 0 aliphatic heterocycles. The normalized spacial score (nSPS) is 9.80. The van der Waals surface area contributed by atoms with Crippen molar-refractivity contribution in [3.63, 3.8) is 0 Å². The Morgan fingerprint density at radius 1 is 1.00 bits per heavy atom. The maximum absolute atomic E-state index is 4.15. The zero-order chi connectivity index (χ0) is 12.9. The minimum Gasteiger partial charge on any atom is -0.373 e. The molecule has 3 rings (SSSR count). The minimum absolute atomic E-state index is 0. The van der Waals surface area contributed by atoms with Crippen molar-refractivity contribution in [2.24, 2.45) is 0 Å². The van der Waals surface area contributed by atoms with Gasteiger partial charge < -0.3 is 5.32 Å². The molecule has 0 radical (unpaired) electrons. The third-order valence-corrected chi connectivity index (χ3v) is 3.79. The lowest BCUT2D eigenvalue weighted by molar-refractivity contribution is 1.16. The molecule has 0 amide bonds. The molecule has 0 aliphatic rings. The lowest BCUT2D eigenvalue weighted by atomic mass is 10.1. The average molecular weight is 347 g/mol. The Hall–Kier alpha value is -1.65. The Balaban J connectivity index is 0.00000147. The second-order valence-corrected chi connectivity index (χ2v) is 5.19. The van der Waals surface area contributed by atoms with Gasteiger partial charge in [-0.3, -0.25) is 4.98 Å². The first kappa shape index (κ1) is 14.8. The highest BCUT2D eigenvalue weighted by Crippen LogP contribution is 2.28. The van der Waals surface area contributed by atoms with E-state index in [2.05, 4.69) is 52.1 Å². The van der Waals surface area contributed by atoms with Crippen molar-refractivity contribution in [1.29, 1.82) is 0 Å². The topological polar surface area (TPSA) is 24.9 Å². The van der Waals surface area contributed by atoms with Crippen LogP contribution in [-0.4, -0.2) is 4.98 Å². The van der Waals surface area contributed by atoms with Gasteiger partial charge in [-0.15, -0.1) is 28.3 Å². The van der Waals surface area contributed by atoms with Gasteiger partial charge >= 0.3 is 0 Å². The summed E-state index contributed by atoms with van der Waals surface area (Å²) >= 11 is 1.72. The van der Waals surface area contributed by atoms with Crippen LogP contribution in [0.15, 0.2) is 66.3 Å². The molecule has 20 heavy (non-hydrogen) atoms. The molecule has 2 aromatic heterocycles. The van der Waals surface area contributed by atoms with Crippen molar-refractivity contribution in [3.05, 3.63) is 71.9 Å². The van der Waals surface area contributed by atoms with Gasteiger partial charge in [-0.2, -0.15) is 0 Å². The van der Waals surface area contributed by atoms with Crippen LogP contribution in [0.3, 0.4) is 0 Å². The molecule has 1 N–H and O–H groups in total. The summed E-state index contributed by atoms with van der Waals surface area (Å²) in [6.45, 7) is 0.855. The van der Waals surface area contributed by atoms with Crippen LogP contribution >= 0.6 is 28.3 Å². The zero-order valence-electron chi connectivity index (χ0n) is 10.8. The number of hydrogen-bond donors (Lipinski definition) is 1. The van der Waals surface area contributed by atoms with Crippen LogP contribution in [0.25, 0.3) is 11.1 Å². The van der Waals surface area contributed by atoms with E-state index in [1.165, 1.54) is 16.1 Å². The minimum atomic E-state index is 0. The van der Waals surface area contributed by atoms with Gasteiger partial charge in [0.25, 0.3) is 0 Å². The van der Waals surface area contributed by atoms with E-state index in [4.69, 9.17) is 0 Å². The summed E-state index contributed by atoms with van der Waals surface area (Å²) in [5, 5.41) is 6.79. The predicted octanol–water partition coefficient (Wildman–Crippen LogP) is 5.00. The SMILES string of the molecule is Br.c1ccc(CNc2cc(-c3cccnc3)cs2)cc1. The summed E-state index contributed by atoms with van der Waals surface area (Å²) in [7, 11) is 0. The van der Waals surface area contributed by atoms with Crippen molar-refractivity contribution in [2.45, 2.75) is 6.54 Å². The lowest BCUT2D eigenvalue weighted by Crippen LogP contribution is -1.96. The molecule has 2 nitrogen and oxygen atoms in total. The number of aromatic nitrogens is 1. The van der Waals surface area contributed by atoms with Gasteiger partial charge in [-0.25, -0.2) is 0 Å². The van der Waals surface area contributed by atoms with E-state index in [1.807, 2.05) is 18.3 Å². The van der Waals surface area contributed by atoms with Crippen LogP contribution in [-0.2, 0) is 6.54 Å². The van der Waals surface area contributed by atoms with Gasteiger partial charge in [0.15, 0.2) is 0 Å². The van der Waals surface area contributed by atoms with Crippen LogP contribution in [0.2, 0.25) is 0 Å². The van der Waals surface area contributed by atoms with Crippen molar-refractivity contribution in [1.82, 2.24) is 4.98 Å². The molecule has 0 saturated heterocycles. The van der Waals surface area contributed by atoms with E-state index >= 15 is 0 Å². The largest absolute Gasteiger partial charge is 0.373 e. The van der Waals surface area contributed by atoms with E-state index in [0.29, 0.717) is 0 Å². The zero-order valence-corrected chi connectivity index (χ0v) is 13.4. The molecule has 102 valence electrons. The highest BCUT2D eigenvalue weighted by molar-refractivity contribution is 8.93. The van der Waals surface area contributed by atoms with Crippen molar-refractivity contribution in [2.75, 3.05) is 5.32 Å². The molecular formula is C16H15BrN2S. The second kappa shape index (κ2) is 7.22. The maximum atomic E-state index is 4.15. The first-order valence-electron chi connectivity index (χ1n) is 6.18. The van der Waals surface area contributed by atoms with Crippen LogP contribution < -0.4 is 5.32 Å². The van der Waals surface area contributed by atoms with Gasteiger partial charge in [0.2, 0.25) is 0 Å². The first-order chi connectivity index (χ1) is 9.42. The molecule has 0 bridgehead atoms. The fourth-order valence-electron chi connectivity index (χ4n) is 1.90. The Morgan fingerprint density at radius 2 is 1.85 bits per heavy atom. The Labute approximate surface area is 133 Å². The van der Waals surface area contributed by atoms with E-state index in [0.717, 1.165) is 12.1 Å². The number of halogens is 1. The monoisotopic (exact) mass is 346 g/mol. The molecule has 2 heterocycles. The van der Waals surface area contributed by atoms with Crippen LogP contribution in [0.5, 0.6) is 0 Å². The number of rotatable bonds is 4. The molecule has 0 saturated carbocycles. The standard InChI is InChI=1S/C16H14N2S.BrH/c1-2-5-13(6-3-1)10-18-16-9-15(12-19-16)14-7-4-8-17-11-14;/h1-9,11-12,18H,10H2;1H. The van der Waals surface area contributed by atoms with Crippen molar-refractivity contribution >= 4 is 33.3 Å². The second-order valence-electron chi connectivity index (χ2n) is 4.28. The number of nitrogens with zero attached hydrogens (tertiary/aromatic N) is 1. The Morgan fingerprint density at radius 3 is 2.60 bits per heavy atom. The van der Waals surface area contributed by atoms with E-state index in [1.54, 1.807) is 17.5 Å². The summed E-state index contributed by atoms with van der Waals surface area (Å²) in [6.07, 6.45) is 3.69. The number of hydrogen-bond acceptors (Lipinski definition) is 3. The van der Waals surface area contributed by atoms with Gasteiger partial charge in [0.05, 0.1) is 5.00 Å². The van der Waals surface area contributed by atoms with Gasteiger partial charge in [0, 0.05) is 29.9 Å². The first-order valence-corrected chi connectivity index (χ1v) is 7.06. The fourth-order valence-corrected chi connectivity index (χ4v) is 2.71. The van der Waals surface area contributed by atoms with E-state index in [9.17, 15) is 0 Å². The van der Waals surface area contributed by atoms with Crippen LogP contribution in [0.1, 0.15) is 5.56 Å². The Kier molecular flexibility index (Phi) is 5.32. The molecule has 0 unspecified atom stereocenters. The summed E-state index contributed by atoms with van der Waals surface area (Å²) in [4.78, 5) is 4.15. The number of pyridine rings is 1. The average Bonchev–Trinajstić information content (AvgIpc) is 2.96. The lowest BCUT2D eigenvalue weighted by Gasteiger charge is -2.02. The highest BCUT2D eigenvalue weighted by atomic mass is 79.9. The van der Waals surface area contributed by atoms with Crippen LogP contribution in [0.4, 0.5) is 5.00 Å². The molecule has 3 aromatic rings. The number of thiophene rings is 1. The van der Waals surface area contributed by atoms with Gasteiger partial charge in [-0.05, 0) is 23.3 Å². The van der Waals surface area contributed by atoms with Crippen molar-refractivity contribution in [3.8, 4) is 11.1 Å². The maximum Gasteiger partial charge on any atom is 0.0891 e. The van der Waals surface area contributed by atoms with Gasteiger partial charge in [-0.1, -0.05) is 36.4 Å². The number of nitrogens with one attached hydrogen (secondary N) is 1. The molecule has 0 fully saturated rings. The highest BCUT2D eigenvalue weighted by Gasteiger charge is 2.02. The van der Waals surface area contributed by atoms with E-state index in [-0.39, 0.29) is 17.0 Å². The third-order valence-electron chi connectivity index (χ3n) is 2.90. The molecule has 0 atom stereocenters. The summed E-state index contributed by atoms with van der Waals surface area (Å²) < 4.78 is 0. The molecular weight excluding hydrogens is 332 g/mol. The molecule has 4 heteroatoms. The van der Waals surface area contributed by atoms with E-state index < -0.39 is 0 Å². The molecule has 0 spiro atoms. The number of benzene rings is 1. The molecule has 0 aliphatic carbocycles. The summed E-state index contributed by atoms with van der Waals surface area (Å²) in [5.41, 5.74) is 3.67. The fraction of sp³-hybridized carbons (Fsp3) is 0.0625. The smallest absolute Gasteiger partial charge is 0.0891 e. The van der Waals surface area contributed by atoms with Crippen LogP contribution in [0, 0.1) is 0 Å². The van der Waals surface area contributed by atoms with Crippen molar-refractivity contribution < 1.29 is 0 Å². The quantitative estimate of drug-likeness (QED) is 0.718. The summed E-state index contributed by atoms with van der Waals surface area (Å²) in [5.74, 6) is 0. The Bertz CT molecular complexity index is 638. The number of anilines is 1. The summed E-state index contributed by atoms with van der Waals surface area (Å²) in [6, 6.07) is 16.6. The predicted molar refractivity (Wildman–Crippen MR) is 91.6 cm³/mol.